The second kappa shape index (κ2) is 19.8. The number of phenols is 1. The standard InChI is InChI=1S/C15H30O3.C7H8N2O3.C6H6O/c1-6-9-17-14(8-3)11-13(5)18-15(16)10-12(4)7-2;1-12-4-2-3-9-5(6(4)10)7(8)11;7-6-4-2-1-3-5-6/h12-14H,6-11H2,1-5H3;2-3,10H,1H3,(H2,8,11);1-5,7H. The summed E-state index contributed by atoms with van der Waals surface area (Å²) in [6, 6.07) is 10.1. The summed E-state index contributed by atoms with van der Waals surface area (Å²) < 4.78 is 15.9. The molecule has 1 aromatic carbocycles. The number of nitrogens with two attached hydrogens (primary N) is 1. The fraction of sp³-hybridized carbons (Fsp3) is 0.536. The smallest absolute Gasteiger partial charge is 0.306 e. The van der Waals surface area contributed by atoms with Gasteiger partial charge in [-0.05, 0) is 37.8 Å². The minimum atomic E-state index is -0.786. The molecular weight excluding hydrogens is 476 g/mol. The molecule has 3 atom stereocenters. The van der Waals surface area contributed by atoms with Gasteiger partial charge in [-0.2, -0.15) is 0 Å². The van der Waals surface area contributed by atoms with Crippen LogP contribution in [0.25, 0.3) is 0 Å². The van der Waals surface area contributed by atoms with Crippen LogP contribution in [0.5, 0.6) is 17.2 Å². The van der Waals surface area contributed by atoms with Gasteiger partial charge in [-0.1, -0.05) is 52.3 Å². The van der Waals surface area contributed by atoms with Crippen molar-refractivity contribution in [2.45, 2.75) is 78.9 Å². The Morgan fingerprint density at radius 2 is 1.68 bits per heavy atom. The van der Waals surface area contributed by atoms with E-state index in [1.54, 1.807) is 24.3 Å². The second-order valence-corrected chi connectivity index (χ2v) is 8.56. The first-order valence-corrected chi connectivity index (χ1v) is 12.7. The third kappa shape index (κ3) is 15.4. The number of aromatic hydroxyl groups is 2. The molecule has 9 nitrogen and oxygen atoms in total. The van der Waals surface area contributed by atoms with E-state index in [0.717, 1.165) is 32.3 Å². The van der Waals surface area contributed by atoms with Crippen LogP contribution in [0.2, 0.25) is 0 Å². The Balaban J connectivity index is 0.000000579. The summed E-state index contributed by atoms with van der Waals surface area (Å²) in [5.41, 5.74) is 4.74. The first-order valence-electron chi connectivity index (χ1n) is 12.7. The number of ether oxygens (including phenoxy) is 3. The van der Waals surface area contributed by atoms with Gasteiger partial charge in [0.15, 0.2) is 17.2 Å². The van der Waals surface area contributed by atoms with E-state index in [0.29, 0.717) is 18.1 Å². The number of nitrogens with zero attached hydrogens (tertiary/aromatic N) is 1. The van der Waals surface area contributed by atoms with Crippen molar-refractivity contribution in [2.75, 3.05) is 13.7 Å². The van der Waals surface area contributed by atoms with Gasteiger partial charge >= 0.3 is 5.97 Å². The van der Waals surface area contributed by atoms with E-state index >= 15 is 0 Å². The summed E-state index contributed by atoms with van der Waals surface area (Å²) in [5.74, 6) is -0.287. The largest absolute Gasteiger partial charge is 0.508 e. The number of hydrogen-bond acceptors (Lipinski definition) is 8. The van der Waals surface area contributed by atoms with E-state index in [1.807, 2.05) is 13.0 Å². The molecule has 0 saturated heterocycles. The number of para-hydroxylation sites is 1. The van der Waals surface area contributed by atoms with Crippen molar-refractivity contribution >= 4 is 11.9 Å². The molecule has 0 saturated carbocycles. The van der Waals surface area contributed by atoms with E-state index in [1.165, 1.54) is 19.4 Å². The van der Waals surface area contributed by atoms with Gasteiger partial charge in [-0.25, -0.2) is 4.98 Å². The maximum absolute atomic E-state index is 11.6. The monoisotopic (exact) mass is 520 g/mol. The maximum atomic E-state index is 11.6. The molecule has 37 heavy (non-hydrogen) atoms. The maximum Gasteiger partial charge on any atom is 0.306 e. The molecule has 0 bridgehead atoms. The van der Waals surface area contributed by atoms with Gasteiger partial charge in [0.25, 0.3) is 5.91 Å². The number of pyridine rings is 1. The Bertz CT molecular complexity index is 893. The van der Waals surface area contributed by atoms with Gasteiger partial charge < -0.3 is 30.2 Å². The van der Waals surface area contributed by atoms with Crippen molar-refractivity contribution in [1.29, 1.82) is 0 Å². The molecule has 4 N–H and O–H groups in total. The molecule has 3 unspecified atom stereocenters. The highest BCUT2D eigenvalue weighted by Gasteiger charge is 2.17. The van der Waals surface area contributed by atoms with Gasteiger partial charge in [0.05, 0.1) is 13.2 Å². The van der Waals surface area contributed by atoms with Crippen molar-refractivity contribution in [2.24, 2.45) is 11.7 Å². The average molecular weight is 521 g/mol. The molecule has 2 rings (SSSR count). The van der Waals surface area contributed by atoms with Crippen LogP contribution in [0.15, 0.2) is 42.6 Å². The average Bonchev–Trinajstić information content (AvgIpc) is 2.87. The molecule has 1 aromatic heterocycles. The first kappa shape index (κ1) is 33.7. The number of esters is 1. The minimum Gasteiger partial charge on any atom is -0.508 e. The number of carbonyl (C=O) groups is 2. The van der Waals surface area contributed by atoms with E-state index < -0.39 is 5.91 Å². The summed E-state index contributed by atoms with van der Waals surface area (Å²) in [6.45, 7) is 11.1. The zero-order valence-corrected chi connectivity index (χ0v) is 23.0. The first-order chi connectivity index (χ1) is 17.6. The van der Waals surface area contributed by atoms with Crippen LogP contribution in [0.1, 0.15) is 77.2 Å². The van der Waals surface area contributed by atoms with Crippen LogP contribution >= 0.6 is 0 Å². The summed E-state index contributed by atoms with van der Waals surface area (Å²) in [4.78, 5) is 25.9. The van der Waals surface area contributed by atoms with Crippen molar-refractivity contribution < 1.29 is 34.0 Å². The third-order valence-corrected chi connectivity index (χ3v) is 5.25. The predicted molar refractivity (Wildman–Crippen MR) is 144 cm³/mol. The predicted octanol–water partition coefficient (Wildman–Crippen LogP) is 5.24. The number of carbonyl (C=O) groups excluding carboxylic acids is 2. The summed E-state index contributed by atoms with van der Waals surface area (Å²) in [7, 11) is 1.37. The molecule has 208 valence electrons. The normalized spacial score (nSPS) is 12.5. The molecule has 1 heterocycles. The molecule has 1 amide bonds. The quantitative estimate of drug-likeness (QED) is 0.323. The fourth-order valence-corrected chi connectivity index (χ4v) is 2.97. The molecule has 0 radical (unpaired) electrons. The van der Waals surface area contributed by atoms with Gasteiger partial charge in [0, 0.05) is 31.7 Å². The molecule has 0 fully saturated rings. The summed E-state index contributed by atoms with van der Waals surface area (Å²) in [6.07, 6.45) is 5.81. The Hall–Kier alpha value is -3.33. The lowest BCUT2D eigenvalue weighted by Gasteiger charge is -2.21. The number of methoxy groups -OCH3 is 1. The highest BCUT2D eigenvalue weighted by atomic mass is 16.5. The van der Waals surface area contributed by atoms with E-state index in [2.05, 4.69) is 32.7 Å². The van der Waals surface area contributed by atoms with Crippen LogP contribution < -0.4 is 10.5 Å². The van der Waals surface area contributed by atoms with Gasteiger partial charge in [0.1, 0.15) is 11.9 Å². The van der Waals surface area contributed by atoms with Gasteiger partial charge in [-0.3, -0.25) is 9.59 Å². The minimum absolute atomic E-state index is 0.0524. The molecule has 2 aromatic rings. The SMILES string of the molecule is CCCOC(CC)CC(C)OC(=O)CC(C)CC.COc1ccnc(C(N)=O)c1O.Oc1ccccc1. The van der Waals surface area contributed by atoms with Crippen molar-refractivity contribution in [1.82, 2.24) is 4.98 Å². The number of amides is 1. The van der Waals surface area contributed by atoms with Gasteiger partial charge in [0.2, 0.25) is 0 Å². The number of phenolic OH excluding ortho intramolecular Hbond substituents is 1. The Kier molecular flexibility index (Phi) is 18.0. The third-order valence-electron chi connectivity index (χ3n) is 5.25. The zero-order chi connectivity index (χ0) is 28.2. The number of benzene rings is 1. The van der Waals surface area contributed by atoms with Crippen molar-refractivity contribution in [3.63, 3.8) is 0 Å². The second-order valence-electron chi connectivity index (χ2n) is 8.56. The molecular formula is C28H44N2O7. The van der Waals surface area contributed by atoms with Crippen molar-refractivity contribution in [3.05, 3.63) is 48.3 Å². The number of aromatic nitrogens is 1. The Morgan fingerprint density at radius 1 is 1.03 bits per heavy atom. The zero-order valence-electron chi connectivity index (χ0n) is 23.0. The number of hydrogen-bond donors (Lipinski definition) is 3. The summed E-state index contributed by atoms with van der Waals surface area (Å²) in [5, 5.41) is 17.9. The van der Waals surface area contributed by atoms with Gasteiger partial charge in [-0.15, -0.1) is 0 Å². The van der Waals surface area contributed by atoms with Crippen LogP contribution in [0.4, 0.5) is 0 Å². The molecule has 9 heteroatoms. The lowest BCUT2D eigenvalue weighted by atomic mass is 10.1. The topological polar surface area (TPSA) is 141 Å². The fourth-order valence-electron chi connectivity index (χ4n) is 2.97. The molecule has 0 spiro atoms. The lowest BCUT2D eigenvalue weighted by molar-refractivity contribution is -0.151. The van der Waals surface area contributed by atoms with Crippen LogP contribution in [0, 0.1) is 5.92 Å². The van der Waals surface area contributed by atoms with E-state index in [4.69, 9.17) is 25.1 Å². The van der Waals surface area contributed by atoms with Crippen molar-refractivity contribution in [3.8, 4) is 17.2 Å². The molecule has 0 aliphatic rings. The number of primary amides is 1. The van der Waals surface area contributed by atoms with E-state index in [-0.39, 0.29) is 35.4 Å². The Labute approximate surface area is 221 Å². The van der Waals surface area contributed by atoms with Crippen LogP contribution in [-0.2, 0) is 14.3 Å². The van der Waals surface area contributed by atoms with E-state index in [9.17, 15) is 14.7 Å². The lowest BCUT2D eigenvalue weighted by Crippen LogP contribution is -2.24. The highest BCUT2D eigenvalue weighted by Crippen LogP contribution is 2.26. The Morgan fingerprint density at radius 3 is 2.14 bits per heavy atom. The van der Waals surface area contributed by atoms with Crippen LogP contribution in [-0.4, -0.2) is 53.0 Å². The highest BCUT2D eigenvalue weighted by molar-refractivity contribution is 5.94. The van der Waals surface area contributed by atoms with Crippen LogP contribution in [0.3, 0.4) is 0 Å². The molecule has 0 aliphatic carbocycles. The number of rotatable bonds is 12. The summed E-state index contributed by atoms with van der Waals surface area (Å²) >= 11 is 0. The molecule has 0 aliphatic heterocycles.